The van der Waals surface area contributed by atoms with Crippen LogP contribution in [0.5, 0.6) is 0 Å². The van der Waals surface area contributed by atoms with Crippen LogP contribution in [-0.2, 0) is 6.54 Å². The summed E-state index contributed by atoms with van der Waals surface area (Å²) in [6.07, 6.45) is 2.74. The Morgan fingerprint density at radius 3 is 2.82 bits per heavy atom. The molecule has 3 N–H and O–H groups in total. The number of aliphatic hydroxyl groups excluding tert-OH is 1. The maximum atomic E-state index is 12.3. The van der Waals surface area contributed by atoms with E-state index in [2.05, 4.69) is 15.4 Å². The van der Waals surface area contributed by atoms with Gasteiger partial charge in [-0.2, -0.15) is 10.4 Å². The molecule has 144 valence electrons. The number of amides is 1. The van der Waals surface area contributed by atoms with Crippen molar-refractivity contribution in [3.63, 3.8) is 0 Å². The van der Waals surface area contributed by atoms with E-state index in [1.165, 1.54) is 0 Å². The van der Waals surface area contributed by atoms with Crippen molar-refractivity contribution in [2.75, 3.05) is 0 Å². The van der Waals surface area contributed by atoms with Gasteiger partial charge >= 0.3 is 0 Å². The van der Waals surface area contributed by atoms with Gasteiger partial charge in [0.05, 0.1) is 34.5 Å². The first-order valence-electron chi connectivity index (χ1n) is 8.78. The van der Waals surface area contributed by atoms with Crippen LogP contribution in [0.1, 0.15) is 41.6 Å². The normalized spacial score (nSPS) is 13.0. The highest BCUT2D eigenvalue weighted by Gasteiger charge is 2.14. The van der Waals surface area contributed by atoms with Crippen LogP contribution < -0.4 is 5.32 Å². The van der Waals surface area contributed by atoms with Crippen LogP contribution in [0.3, 0.4) is 0 Å². The highest BCUT2D eigenvalue weighted by Crippen LogP contribution is 2.24. The summed E-state index contributed by atoms with van der Waals surface area (Å²) in [7, 11) is 0. The first kappa shape index (κ1) is 19.7. The third-order valence-electron chi connectivity index (χ3n) is 4.28. The van der Waals surface area contributed by atoms with Crippen molar-refractivity contribution in [3.8, 4) is 17.3 Å². The zero-order chi connectivity index (χ0) is 20.3. The number of aromatic amines is 1. The van der Waals surface area contributed by atoms with E-state index in [1.807, 2.05) is 25.3 Å². The number of nitrogens with one attached hydrogen (secondary N) is 2. The standard InChI is InChI=1S/C20H20ClN5O2/c1-12(24-20(28)16-8-19(13(2)27)23-10-16)11-26-6-5-18(25-26)14-3-4-15(9-22)17(21)7-14/h3-8,10,12-13,23,27H,11H2,1-2H3,(H,24,28)/t12-,13?/m0/s1. The molecule has 0 bridgehead atoms. The van der Waals surface area contributed by atoms with Gasteiger partial charge in [-0.3, -0.25) is 9.48 Å². The summed E-state index contributed by atoms with van der Waals surface area (Å²) in [5, 5.41) is 26.3. The predicted molar refractivity (Wildman–Crippen MR) is 106 cm³/mol. The Hall–Kier alpha value is -3.08. The molecule has 1 amide bonds. The number of hydrogen-bond acceptors (Lipinski definition) is 4. The Morgan fingerprint density at radius 1 is 1.39 bits per heavy atom. The molecule has 7 nitrogen and oxygen atoms in total. The van der Waals surface area contributed by atoms with Gasteiger partial charge in [-0.1, -0.05) is 17.7 Å². The number of H-pyrrole nitrogens is 1. The van der Waals surface area contributed by atoms with Crippen LogP contribution in [0.2, 0.25) is 5.02 Å². The molecule has 2 aromatic heterocycles. The van der Waals surface area contributed by atoms with E-state index in [-0.39, 0.29) is 11.9 Å². The Kier molecular flexibility index (Phi) is 5.83. The van der Waals surface area contributed by atoms with Crippen LogP contribution in [0.15, 0.2) is 42.7 Å². The van der Waals surface area contributed by atoms with Crippen molar-refractivity contribution in [3.05, 3.63) is 64.6 Å². The van der Waals surface area contributed by atoms with Crippen molar-refractivity contribution in [1.82, 2.24) is 20.1 Å². The molecule has 3 aromatic rings. The molecule has 0 spiro atoms. The zero-order valence-electron chi connectivity index (χ0n) is 15.5. The van der Waals surface area contributed by atoms with E-state index in [1.54, 1.807) is 42.1 Å². The summed E-state index contributed by atoms with van der Waals surface area (Å²) in [5.41, 5.74) is 3.03. The van der Waals surface area contributed by atoms with Crippen LogP contribution in [0.25, 0.3) is 11.3 Å². The van der Waals surface area contributed by atoms with Crippen LogP contribution in [0, 0.1) is 11.3 Å². The Balaban J connectivity index is 1.63. The number of halogens is 1. The van der Waals surface area contributed by atoms with E-state index in [4.69, 9.17) is 16.9 Å². The lowest BCUT2D eigenvalue weighted by Gasteiger charge is -2.13. The highest BCUT2D eigenvalue weighted by atomic mass is 35.5. The molecule has 0 saturated heterocycles. The van der Waals surface area contributed by atoms with E-state index in [9.17, 15) is 9.90 Å². The third kappa shape index (κ3) is 4.42. The number of nitrogens with zero attached hydrogens (tertiary/aromatic N) is 3. The fraction of sp³-hybridized carbons (Fsp3) is 0.250. The lowest BCUT2D eigenvalue weighted by atomic mass is 10.1. The van der Waals surface area contributed by atoms with E-state index < -0.39 is 6.10 Å². The van der Waals surface area contributed by atoms with E-state index >= 15 is 0 Å². The number of aromatic nitrogens is 3. The lowest BCUT2D eigenvalue weighted by molar-refractivity contribution is 0.0936. The molecule has 0 fully saturated rings. The fourth-order valence-corrected chi connectivity index (χ4v) is 3.02. The number of aliphatic hydroxyl groups is 1. The van der Waals surface area contributed by atoms with Gasteiger partial charge in [-0.25, -0.2) is 0 Å². The summed E-state index contributed by atoms with van der Waals surface area (Å²) in [4.78, 5) is 15.2. The molecule has 1 unspecified atom stereocenters. The predicted octanol–water partition coefficient (Wildman–Crippen LogP) is 3.28. The molecule has 2 atom stereocenters. The minimum atomic E-state index is -0.655. The Labute approximate surface area is 167 Å². The van der Waals surface area contributed by atoms with Gasteiger partial charge in [-0.15, -0.1) is 0 Å². The van der Waals surface area contributed by atoms with Gasteiger partial charge in [0, 0.05) is 29.7 Å². The largest absolute Gasteiger partial charge is 0.387 e. The topological polar surface area (TPSA) is 107 Å². The summed E-state index contributed by atoms with van der Waals surface area (Å²) in [6.45, 7) is 4.01. The van der Waals surface area contributed by atoms with Gasteiger partial charge in [-0.05, 0) is 38.1 Å². The van der Waals surface area contributed by atoms with Gasteiger partial charge < -0.3 is 15.4 Å². The van der Waals surface area contributed by atoms with Crippen LogP contribution in [-0.4, -0.2) is 31.8 Å². The summed E-state index contributed by atoms with van der Waals surface area (Å²) in [6, 6.07) is 10.5. The minimum absolute atomic E-state index is 0.158. The molecule has 0 saturated carbocycles. The number of benzene rings is 1. The second kappa shape index (κ2) is 8.30. The average molecular weight is 398 g/mol. The Morgan fingerprint density at radius 2 is 2.18 bits per heavy atom. The maximum absolute atomic E-state index is 12.3. The van der Waals surface area contributed by atoms with Gasteiger partial charge in [0.2, 0.25) is 0 Å². The Bertz CT molecular complexity index is 1030. The maximum Gasteiger partial charge on any atom is 0.253 e. The van der Waals surface area contributed by atoms with E-state index in [0.29, 0.717) is 28.4 Å². The van der Waals surface area contributed by atoms with Gasteiger partial charge in [0.25, 0.3) is 5.91 Å². The molecule has 8 heteroatoms. The number of rotatable bonds is 6. The van der Waals surface area contributed by atoms with Gasteiger partial charge in [0.15, 0.2) is 0 Å². The van der Waals surface area contributed by atoms with Crippen molar-refractivity contribution in [2.24, 2.45) is 0 Å². The third-order valence-corrected chi connectivity index (χ3v) is 4.59. The second-order valence-corrected chi connectivity index (χ2v) is 7.03. The first-order valence-corrected chi connectivity index (χ1v) is 9.16. The van der Waals surface area contributed by atoms with Crippen molar-refractivity contribution in [2.45, 2.75) is 32.5 Å². The first-order chi connectivity index (χ1) is 13.4. The molecule has 3 rings (SSSR count). The molecule has 0 aliphatic carbocycles. The summed E-state index contributed by atoms with van der Waals surface area (Å²) < 4.78 is 1.74. The van der Waals surface area contributed by atoms with Crippen molar-refractivity contribution >= 4 is 17.5 Å². The molecule has 0 radical (unpaired) electrons. The SMILES string of the molecule is CC(O)c1cc(C(=O)N[C@@H](C)Cn2ccc(-c3ccc(C#N)c(Cl)c3)n2)c[nH]1. The molecule has 1 aromatic carbocycles. The van der Waals surface area contributed by atoms with Crippen LogP contribution in [0.4, 0.5) is 0 Å². The molecule has 0 aliphatic heterocycles. The number of nitriles is 1. The monoisotopic (exact) mass is 397 g/mol. The smallest absolute Gasteiger partial charge is 0.253 e. The average Bonchev–Trinajstić information content (AvgIpc) is 3.31. The number of hydrogen-bond donors (Lipinski definition) is 3. The quantitative estimate of drug-likeness (QED) is 0.593. The highest BCUT2D eigenvalue weighted by molar-refractivity contribution is 6.32. The molecular weight excluding hydrogens is 378 g/mol. The summed E-state index contributed by atoms with van der Waals surface area (Å²) in [5.74, 6) is -0.220. The summed E-state index contributed by atoms with van der Waals surface area (Å²) >= 11 is 6.08. The van der Waals surface area contributed by atoms with Crippen molar-refractivity contribution in [1.29, 1.82) is 5.26 Å². The lowest BCUT2D eigenvalue weighted by Crippen LogP contribution is -2.35. The molecule has 0 aliphatic rings. The number of carbonyl (C=O) groups is 1. The molecule has 28 heavy (non-hydrogen) atoms. The fourth-order valence-electron chi connectivity index (χ4n) is 2.80. The van der Waals surface area contributed by atoms with Crippen LogP contribution >= 0.6 is 11.6 Å². The van der Waals surface area contributed by atoms with Gasteiger partial charge in [0.1, 0.15) is 6.07 Å². The van der Waals surface area contributed by atoms with E-state index in [0.717, 1.165) is 11.3 Å². The molecular formula is C20H20ClN5O2. The zero-order valence-corrected chi connectivity index (χ0v) is 16.2. The van der Waals surface area contributed by atoms with Crippen molar-refractivity contribution < 1.29 is 9.90 Å². The second-order valence-electron chi connectivity index (χ2n) is 6.62. The molecule has 2 heterocycles. The number of carbonyl (C=O) groups excluding carboxylic acids is 1. The minimum Gasteiger partial charge on any atom is -0.387 e.